The Labute approximate surface area is 171 Å². The molecule has 2 N–H and O–H groups in total. The number of halogens is 2. The number of hydrogen-bond donors (Lipinski definition) is 2. The Balaban J connectivity index is 2.20. The number of thiocarbonyl (C=S) groups is 1. The number of amides is 1. The number of hydrogen-bond acceptors (Lipinski definition) is 5. The van der Waals surface area contributed by atoms with E-state index in [0.29, 0.717) is 20.4 Å². The summed E-state index contributed by atoms with van der Waals surface area (Å²) in [5.74, 6) is -0.121. The van der Waals surface area contributed by atoms with E-state index in [9.17, 15) is 14.9 Å². The first-order chi connectivity index (χ1) is 12.2. The number of methoxy groups -OCH3 is 1. The summed E-state index contributed by atoms with van der Waals surface area (Å²) in [4.78, 5) is 22.9. The number of nitrogens with one attached hydrogen (secondary N) is 2. The van der Waals surface area contributed by atoms with E-state index in [1.54, 1.807) is 25.1 Å². The zero-order chi connectivity index (χ0) is 19.4. The zero-order valence-corrected chi connectivity index (χ0v) is 17.6. The number of nitro benzene ring substituents is 1. The lowest BCUT2D eigenvalue weighted by Gasteiger charge is -2.14. The first kappa shape index (κ1) is 20.3. The van der Waals surface area contributed by atoms with Gasteiger partial charge in [-0.05, 0) is 52.8 Å². The van der Waals surface area contributed by atoms with Crippen LogP contribution in [0.3, 0.4) is 0 Å². The SMILES string of the molecule is COc1c(Br)cc(Br)cc1C(=O)NC(=S)Nc1cc([N+](=O)[O-])ccc1C. The maximum atomic E-state index is 12.5. The van der Waals surface area contributed by atoms with E-state index >= 15 is 0 Å². The lowest BCUT2D eigenvalue weighted by atomic mass is 10.2. The van der Waals surface area contributed by atoms with Crippen molar-refractivity contribution in [3.63, 3.8) is 0 Å². The summed E-state index contributed by atoms with van der Waals surface area (Å²) in [5, 5.41) is 16.3. The molecule has 7 nitrogen and oxygen atoms in total. The molecule has 26 heavy (non-hydrogen) atoms. The summed E-state index contributed by atoms with van der Waals surface area (Å²) in [6, 6.07) is 7.69. The molecule has 0 saturated carbocycles. The normalized spacial score (nSPS) is 10.2. The van der Waals surface area contributed by atoms with E-state index in [1.807, 2.05) is 0 Å². The van der Waals surface area contributed by atoms with Crippen molar-refractivity contribution in [2.45, 2.75) is 6.92 Å². The molecule has 0 saturated heterocycles. The highest BCUT2D eigenvalue weighted by molar-refractivity contribution is 9.11. The number of nitro groups is 1. The maximum Gasteiger partial charge on any atom is 0.271 e. The predicted octanol–water partition coefficient (Wildman–Crippen LogP) is 4.56. The fourth-order valence-electron chi connectivity index (χ4n) is 2.12. The van der Waals surface area contributed by atoms with Crippen LogP contribution in [0.5, 0.6) is 5.75 Å². The van der Waals surface area contributed by atoms with E-state index in [-0.39, 0.29) is 16.4 Å². The summed E-state index contributed by atoms with van der Waals surface area (Å²) < 4.78 is 6.53. The number of anilines is 1. The number of carbonyl (C=O) groups excluding carboxylic acids is 1. The van der Waals surface area contributed by atoms with Gasteiger partial charge in [-0.15, -0.1) is 0 Å². The molecule has 10 heteroatoms. The molecule has 2 aromatic carbocycles. The predicted molar refractivity (Wildman–Crippen MR) is 110 cm³/mol. The molecule has 0 unspecified atom stereocenters. The molecule has 0 fully saturated rings. The first-order valence-electron chi connectivity index (χ1n) is 7.13. The molecule has 0 bridgehead atoms. The lowest BCUT2D eigenvalue weighted by molar-refractivity contribution is -0.384. The molecule has 136 valence electrons. The highest BCUT2D eigenvalue weighted by Crippen LogP contribution is 2.32. The standard InChI is InChI=1S/C16H13Br2N3O4S/c1-8-3-4-10(21(23)24)7-13(8)19-16(26)20-15(22)11-5-9(17)6-12(18)14(11)25-2/h3-7H,1-2H3,(H2,19,20,22,26). The van der Waals surface area contributed by atoms with Crippen molar-refractivity contribution >= 4 is 66.5 Å². The van der Waals surface area contributed by atoms with Gasteiger partial charge in [0.05, 0.1) is 22.1 Å². The molecule has 2 rings (SSSR count). The van der Waals surface area contributed by atoms with Crippen molar-refractivity contribution in [1.82, 2.24) is 5.32 Å². The van der Waals surface area contributed by atoms with E-state index < -0.39 is 10.8 Å². The fourth-order valence-corrected chi connectivity index (χ4v) is 3.71. The molecule has 0 radical (unpaired) electrons. The van der Waals surface area contributed by atoms with Crippen LogP contribution in [0.4, 0.5) is 11.4 Å². The van der Waals surface area contributed by atoms with Crippen LogP contribution in [0, 0.1) is 17.0 Å². The third kappa shape index (κ3) is 4.77. The minimum absolute atomic E-state index is 0.0109. The number of rotatable bonds is 4. The van der Waals surface area contributed by atoms with Crippen LogP contribution < -0.4 is 15.4 Å². The second kappa shape index (κ2) is 8.56. The van der Waals surface area contributed by atoms with Gasteiger partial charge in [-0.2, -0.15) is 0 Å². The Bertz CT molecular complexity index is 905. The Hall–Kier alpha value is -2.04. The van der Waals surface area contributed by atoms with Crippen LogP contribution in [0.25, 0.3) is 0 Å². The van der Waals surface area contributed by atoms with Crippen LogP contribution in [-0.2, 0) is 0 Å². The zero-order valence-electron chi connectivity index (χ0n) is 13.6. The molecule has 0 aliphatic carbocycles. The van der Waals surface area contributed by atoms with Gasteiger partial charge in [0.25, 0.3) is 11.6 Å². The van der Waals surface area contributed by atoms with Gasteiger partial charge >= 0.3 is 0 Å². The second-order valence-electron chi connectivity index (χ2n) is 5.13. The monoisotopic (exact) mass is 501 g/mol. The Morgan fingerprint density at radius 3 is 2.58 bits per heavy atom. The topological polar surface area (TPSA) is 93.5 Å². The van der Waals surface area contributed by atoms with Gasteiger partial charge in [0.2, 0.25) is 0 Å². The Kier molecular flexibility index (Phi) is 6.68. The number of benzene rings is 2. The van der Waals surface area contributed by atoms with Crippen molar-refractivity contribution in [2.75, 3.05) is 12.4 Å². The van der Waals surface area contributed by atoms with Gasteiger partial charge in [0.1, 0.15) is 5.75 Å². The number of carbonyl (C=O) groups is 1. The highest BCUT2D eigenvalue weighted by atomic mass is 79.9. The van der Waals surface area contributed by atoms with Crippen LogP contribution in [0.1, 0.15) is 15.9 Å². The minimum Gasteiger partial charge on any atom is -0.495 e. The molecule has 0 spiro atoms. The van der Waals surface area contributed by atoms with Crippen molar-refractivity contribution in [2.24, 2.45) is 0 Å². The van der Waals surface area contributed by atoms with Crippen molar-refractivity contribution < 1.29 is 14.5 Å². The first-order valence-corrected chi connectivity index (χ1v) is 9.12. The summed E-state index contributed by atoms with van der Waals surface area (Å²) in [7, 11) is 1.45. The molecule has 0 atom stereocenters. The van der Waals surface area contributed by atoms with Gasteiger partial charge in [-0.3, -0.25) is 20.2 Å². The van der Waals surface area contributed by atoms with Crippen LogP contribution >= 0.6 is 44.1 Å². The van der Waals surface area contributed by atoms with Crippen molar-refractivity contribution in [1.29, 1.82) is 0 Å². The molecular formula is C16H13Br2N3O4S. The van der Waals surface area contributed by atoms with Gasteiger partial charge in [0, 0.05) is 22.3 Å². The van der Waals surface area contributed by atoms with Crippen LogP contribution in [0.2, 0.25) is 0 Å². The Morgan fingerprint density at radius 2 is 1.96 bits per heavy atom. The van der Waals surface area contributed by atoms with Crippen molar-refractivity contribution in [3.8, 4) is 5.75 Å². The Morgan fingerprint density at radius 1 is 1.27 bits per heavy atom. The van der Waals surface area contributed by atoms with Gasteiger partial charge < -0.3 is 10.1 Å². The summed E-state index contributed by atoms with van der Waals surface area (Å²) in [6.45, 7) is 1.77. The maximum absolute atomic E-state index is 12.5. The molecule has 0 aromatic heterocycles. The van der Waals surface area contributed by atoms with E-state index in [0.717, 1.165) is 5.56 Å². The summed E-state index contributed by atoms with van der Waals surface area (Å²) in [5.41, 5.74) is 1.38. The molecule has 1 amide bonds. The smallest absolute Gasteiger partial charge is 0.271 e. The number of aryl methyl sites for hydroxylation is 1. The number of ether oxygens (including phenoxy) is 1. The third-order valence-electron chi connectivity index (χ3n) is 3.36. The lowest BCUT2D eigenvalue weighted by Crippen LogP contribution is -2.34. The molecule has 0 aliphatic heterocycles. The molecular weight excluding hydrogens is 490 g/mol. The van der Waals surface area contributed by atoms with Crippen LogP contribution in [-0.4, -0.2) is 23.1 Å². The highest BCUT2D eigenvalue weighted by Gasteiger charge is 2.18. The molecule has 0 aliphatic rings. The van der Waals surface area contributed by atoms with E-state index in [4.69, 9.17) is 17.0 Å². The number of non-ortho nitro benzene ring substituents is 1. The quantitative estimate of drug-likeness (QED) is 0.361. The molecule has 2 aromatic rings. The average molecular weight is 503 g/mol. The minimum atomic E-state index is -0.504. The van der Waals surface area contributed by atoms with Crippen LogP contribution in [0.15, 0.2) is 39.3 Å². The molecule has 0 heterocycles. The van der Waals surface area contributed by atoms with E-state index in [2.05, 4.69) is 42.5 Å². The van der Waals surface area contributed by atoms with Gasteiger partial charge in [0.15, 0.2) is 5.11 Å². The van der Waals surface area contributed by atoms with Gasteiger partial charge in [-0.1, -0.05) is 22.0 Å². The summed E-state index contributed by atoms with van der Waals surface area (Å²) in [6.07, 6.45) is 0. The summed E-state index contributed by atoms with van der Waals surface area (Å²) >= 11 is 11.8. The largest absolute Gasteiger partial charge is 0.495 e. The third-order valence-corrected chi connectivity index (χ3v) is 4.62. The van der Waals surface area contributed by atoms with E-state index in [1.165, 1.54) is 19.2 Å². The van der Waals surface area contributed by atoms with Crippen molar-refractivity contribution in [3.05, 3.63) is 60.5 Å². The second-order valence-corrected chi connectivity index (χ2v) is 7.31. The fraction of sp³-hybridized carbons (Fsp3) is 0.125. The average Bonchev–Trinajstić information content (AvgIpc) is 2.55. The number of nitrogens with zero attached hydrogens (tertiary/aromatic N) is 1. The van der Waals surface area contributed by atoms with Gasteiger partial charge in [-0.25, -0.2) is 0 Å².